The fourth-order valence-electron chi connectivity index (χ4n) is 2.06. The summed E-state index contributed by atoms with van der Waals surface area (Å²) < 4.78 is 0. The Morgan fingerprint density at radius 2 is 2.17 bits per heavy atom. The molecular formula is C12H16N6. The average molecular weight is 244 g/mol. The van der Waals surface area contributed by atoms with Crippen LogP contribution in [0.15, 0.2) is 24.4 Å². The molecule has 1 fully saturated rings. The summed E-state index contributed by atoms with van der Waals surface area (Å²) in [5.74, 6) is 1.49. The van der Waals surface area contributed by atoms with E-state index < -0.39 is 0 Å². The maximum Gasteiger partial charge on any atom is 0.245 e. The number of rotatable bonds is 2. The molecule has 0 saturated carbocycles. The van der Waals surface area contributed by atoms with Gasteiger partial charge in [-0.1, -0.05) is 6.07 Å². The van der Waals surface area contributed by atoms with Crippen LogP contribution in [0.2, 0.25) is 0 Å². The lowest BCUT2D eigenvalue weighted by Crippen LogP contribution is -2.28. The van der Waals surface area contributed by atoms with E-state index in [1.165, 1.54) is 0 Å². The molecule has 2 aromatic rings. The minimum Gasteiger partial charge on any atom is -0.338 e. The minimum absolute atomic E-state index is 0.725. The third-order valence-electron chi connectivity index (χ3n) is 3.00. The highest BCUT2D eigenvalue weighted by Gasteiger charge is 2.14. The van der Waals surface area contributed by atoms with Gasteiger partial charge in [-0.2, -0.15) is 4.98 Å². The third kappa shape index (κ3) is 2.33. The molecule has 2 aromatic heterocycles. The van der Waals surface area contributed by atoms with Gasteiger partial charge in [-0.15, -0.1) is 5.10 Å². The van der Waals surface area contributed by atoms with E-state index in [0.717, 1.165) is 50.1 Å². The van der Waals surface area contributed by atoms with E-state index in [2.05, 4.69) is 30.4 Å². The van der Waals surface area contributed by atoms with Crippen LogP contribution in [-0.2, 0) is 0 Å². The van der Waals surface area contributed by atoms with Gasteiger partial charge in [-0.25, -0.2) is 0 Å². The zero-order valence-corrected chi connectivity index (χ0v) is 10.1. The van der Waals surface area contributed by atoms with Crippen molar-refractivity contribution in [2.75, 3.05) is 31.1 Å². The highest BCUT2D eigenvalue weighted by molar-refractivity contribution is 5.50. The van der Waals surface area contributed by atoms with Crippen molar-refractivity contribution in [1.82, 2.24) is 25.5 Å². The Balaban J connectivity index is 1.80. The van der Waals surface area contributed by atoms with Crippen molar-refractivity contribution in [1.29, 1.82) is 0 Å². The van der Waals surface area contributed by atoms with E-state index in [4.69, 9.17) is 0 Å². The second kappa shape index (κ2) is 5.14. The quantitative estimate of drug-likeness (QED) is 0.812. The van der Waals surface area contributed by atoms with Crippen LogP contribution in [-0.4, -0.2) is 46.3 Å². The topological polar surface area (TPSA) is 69.7 Å². The third-order valence-corrected chi connectivity index (χ3v) is 3.00. The highest BCUT2D eigenvalue weighted by Crippen LogP contribution is 2.15. The molecule has 0 spiro atoms. The molecule has 0 aliphatic carbocycles. The van der Waals surface area contributed by atoms with E-state index in [1.807, 2.05) is 18.2 Å². The zero-order valence-electron chi connectivity index (χ0n) is 10.1. The maximum atomic E-state index is 4.51. The number of hydrogen-bond donors (Lipinski definition) is 2. The van der Waals surface area contributed by atoms with Crippen LogP contribution in [0.1, 0.15) is 6.42 Å². The Hall–Kier alpha value is -1.95. The normalized spacial score (nSPS) is 16.6. The van der Waals surface area contributed by atoms with Crippen LogP contribution < -0.4 is 10.2 Å². The first-order valence-corrected chi connectivity index (χ1v) is 6.23. The Morgan fingerprint density at radius 1 is 1.17 bits per heavy atom. The second-order valence-electron chi connectivity index (χ2n) is 4.29. The molecule has 0 atom stereocenters. The first-order chi connectivity index (χ1) is 8.93. The van der Waals surface area contributed by atoms with E-state index in [1.54, 1.807) is 6.20 Å². The molecule has 3 rings (SSSR count). The van der Waals surface area contributed by atoms with Crippen molar-refractivity contribution in [2.45, 2.75) is 6.42 Å². The molecule has 0 bridgehead atoms. The first kappa shape index (κ1) is 11.2. The first-order valence-electron chi connectivity index (χ1n) is 6.23. The van der Waals surface area contributed by atoms with E-state index >= 15 is 0 Å². The number of aromatic amines is 1. The van der Waals surface area contributed by atoms with Gasteiger partial charge in [0.05, 0.1) is 0 Å². The fraction of sp³-hybridized carbons (Fsp3) is 0.417. The van der Waals surface area contributed by atoms with Crippen molar-refractivity contribution >= 4 is 5.95 Å². The molecule has 2 N–H and O–H groups in total. The summed E-state index contributed by atoms with van der Waals surface area (Å²) in [4.78, 5) is 11.0. The molecule has 0 amide bonds. The number of nitrogens with zero attached hydrogens (tertiary/aromatic N) is 4. The van der Waals surface area contributed by atoms with Gasteiger partial charge in [0.2, 0.25) is 5.95 Å². The molecule has 1 aliphatic rings. The zero-order chi connectivity index (χ0) is 12.2. The highest BCUT2D eigenvalue weighted by atomic mass is 15.4. The standard InChI is InChI=1S/C12H16N6/c1-2-6-14-10(4-1)11-15-12(17-16-11)18-8-3-5-13-7-9-18/h1-2,4,6,13H,3,5,7-9H2,(H,15,16,17). The summed E-state index contributed by atoms with van der Waals surface area (Å²) >= 11 is 0. The molecule has 0 unspecified atom stereocenters. The van der Waals surface area contributed by atoms with E-state index in [0.29, 0.717) is 0 Å². The second-order valence-corrected chi connectivity index (χ2v) is 4.29. The summed E-state index contributed by atoms with van der Waals surface area (Å²) in [6, 6.07) is 5.76. The number of H-pyrrole nitrogens is 1. The maximum absolute atomic E-state index is 4.51. The molecule has 6 nitrogen and oxygen atoms in total. The van der Waals surface area contributed by atoms with Crippen LogP contribution in [0.5, 0.6) is 0 Å². The number of hydrogen-bond acceptors (Lipinski definition) is 5. The van der Waals surface area contributed by atoms with Crippen molar-refractivity contribution < 1.29 is 0 Å². The Bertz CT molecular complexity index is 486. The lowest BCUT2D eigenvalue weighted by molar-refractivity contribution is 0.724. The predicted octanol–water partition coefficient (Wildman–Crippen LogP) is 0.666. The molecule has 0 aromatic carbocycles. The Labute approximate surface area is 105 Å². The van der Waals surface area contributed by atoms with Gasteiger partial charge in [-0.05, 0) is 25.1 Å². The van der Waals surface area contributed by atoms with Crippen molar-refractivity contribution in [2.24, 2.45) is 0 Å². The minimum atomic E-state index is 0.725. The molecule has 1 aliphatic heterocycles. The summed E-state index contributed by atoms with van der Waals surface area (Å²) in [7, 11) is 0. The Morgan fingerprint density at radius 3 is 3.06 bits per heavy atom. The number of nitrogens with one attached hydrogen (secondary N) is 2. The summed E-state index contributed by atoms with van der Waals surface area (Å²) in [5, 5.41) is 10.6. The number of pyridine rings is 1. The predicted molar refractivity (Wildman–Crippen MR) is 69.3 cm³/mol. The summed E-state index contributed by atoms with van der Waals surface area (Å²) in [6.07, 6.45) is 2.88. The van der Waals surface area contributed by atoms with Crippen LogP contribution in [0.4, 0.5) is 5.95 Å². The van der Waals surface area contributed by atoms with Gasteiger partial charge < -0.3 is 10.2 Å². The van der Waals surface area contributed by atoms with Crippen molar-refractivity contribution in [3.8, 4) is 11.5 Å². The SMILES string of the molecule is c1ccc(-c2nc(N3CCCNCC3)n[nH]2)nc1. The molecule has 1 saturated heterocycles. The van der Waals surface area contributed by atoms with E-state index in [9.17, 15) is 0 Å². The molecule has 3 heterocycles. The van der Waals surface area contributed by atoms with Crippen LogP contribution in [0, 0.1) is 0 Å². The fourth-order valence-corrected chi connectivity index (χ4v) is 2.06. The van der Waals surface area contributed by atoms with E-state index in [-0.39, 0.29) is 0 Å². The monoisotopic (exact) mass is 244 g/mol. The molecule has 6 heteroatoms. The van der Waals surface area contributed by atoms with Crippen LogP contribution >= 0.6 is 0 Å². The Kier molecular flexibility index (Phi) is 3.18. The molecule has 18 heavy (non-hydrogen) atoms. The van der Waals surface area contributed by atoms with Gasteiger partial charge in [-0.3, -0.25) is 10.1 Å². The number of anilines is 1. The largest absolute Gasteiger partial charge is 0.338 e. The molecular weight excluding hydrogens is 228 g/mol. The number of aromatic nitrogens is 4. The molecule has 0 radical (unpaired) electrons. The van der Waals surface area contributed by atoms with Gasteiger partial charge >= 0.3 is 0 Å². The van der Waals surface area contributed by atoms with Crippen LogP contribution in [0.25, 0.3) is 11.5 Å². The van der Waals surface area contributed by atoms with Gasteiger partial charge in [0, 0.05) is 25.8 Å². The average Bonchev–Trinajstić information content (AvgIpc) is 2.76. The van der Waals surface area contributed by atoms with Crippen molar-refractivity contribution in [3.63, 3.8) is 0 Å². The van der Waals surface area contributed by atoms with Crippen molar-refractivity contribution in [3.05, 3.63) is 24.4 Å². The van der Waals surface area contributed by atoms with Gasteiger partial charge in [0.1, 0.15) is 5.69 Å². The van der Waals surface area contributed by atoms with Gasteiger partial charge in [0.25, 0.3) is 0 Å². The summed E-state index contributed by atoms with van der Waals surface area (Å²) in [6.45, 7) is 3.98. The lowest BCUT2D eigenvalue weighted by Gasteiger charge is -2.16. The smallest absolute Gasteiger partial charge is 0.245 e. The summed E-state index contributed by atoms with van der Waals surface area (Å²) in [5.41, 5.74) is 0.823. The van der Waals surface area contributed by atoms with Crippen LogP contribution in [0.3, 0.4) is 0 Å². The molecule has 94 valence electrons. The lowest BCUT2D eigenvalue weighted by atomic mass is 10.3. The van der Waals surface area contributed by atoms with Gasteiger partial charge in [0.15, 0.2) is 5.82 Å².